The van der Waals surface area contributed by atoms with Gasteiger partial charge in [-0.25, -0.2) is 13.4 Å². The lowest BCUT2D eigenvalue weighted by Gasteiger charge is -2.33. The summed E-state index contributed by atoms with van der Waals surface area (Å²) in [5.74, 6) is 0.864. The van der Waals surface area contributed by atoms with E-state index in [0.29, 0.717) is 37.8 Å². The van der Waals surface area contributed by atoms with Crippen molar-refractivity contribution < 1.29 is 13.2 Å². The topological polar surface area (TPSA) is 62.7 Å². The molecule has 1 aromatic heterocycles. The molecule has 0 radical (unpaired) electrons. The summed E-state index contributed by atoms with van der Waals surface area (Å²) >= 11 is 13.6. The molecular weight excluding hydrogens is 489 g/mol. The van der Waals surface area contributed by atoms with Gasteiger partial charge in [0.1, 0.15) is 10.6 Å². The van der Waals surface area contributed by atoms with Crippen molar-refractivity contribution in [1.82, 2.24) is 9.29 Å². The van der Waals surface area contributed by atoms with Crippen molar-refractivity contribution in [2.75, 3.05) is 37.7 Å². The third kappa shape index (κ3) is 5.21. The first-order chi connectivity index (χ1) is 15.4. The number of anilines is 1. The van der Waals surface area contributed by atoms with Crippen molar-refractivity contribution in [1.29, 1.82) is 0 Å². The van der Waals surface area contributed by atoms with E-state index in [1.165, 1.54) is 28.1 Å². The van der Waals surface area contributed by atoms with E-state index >= 15 is 0 Å². The number of ether oxygens (including phenoxy) is 1. The molecule has 32 heavy (non-hydrogen) atoms. The SMILES string of the molecule is CCOc1ccc(Cc2csc(N3CCN(S(=O)(=O)c4ccc(Cl)cc4Cl)CC3)n2)cc1. The smallest absolute Gasteiger partial charge is 0.244 e. The van der Waals surface area contributed by atoms with Gasteiger partial charge in [-0.2, -0.15) is 4.31 Å². The first-order valence-electron chi connectivity index (χ1n) is 10.2. The summed E-state index contributed by atoms with van der Waals surface area (Å²) < 4.78 is 32.9. The zero-order chi connectivity index (χ0) is 22.7. The van der Waals surface area contributed by atoms with Gasteiger partial charge in [-0.05, 0) is 42.8 Å². The van der Waals surface area contributed by atoms with Gasteiger partial charge in [0, 0.05) is 43.0 Å². The van der Waals surface area contributed by atoms with E-state index in [-0.39, 0.29) is 9.92 Å². The zero-order valence-electron chi connectivity index (χ0n) is 17.5. The van der Waals surface area contributed by atoms with Crippen LogP contribution in [0.15, 0.2) is 52.7 Å². The van der Waals surface area contributed by atoms with Crippen LogP contribution in [0.4, 0.5) is 5.13 Å². The molecule has 1 fully saturated rings. The average molecular weight is 512 g/mol. The Hall–Kier alpha value is -1.84. The first-order valence-corrected chi connectivity index (χ1v) is 13.3. The van der Waals surface area contributed by atoms with Crippen LogP contribution in [0.2, 0.25) is 10.0 Å². The summed E-state index contributed by atoms with van der Waals surface area (Å²) in [7, 11) is -3.67. The van der Waals surface area contributed by atoms with Gasteiger partial charge in [0.2, 0.25) is 10.0 Å². The predicted molar refractivity (Wildman–Crippen MR) is 130 cm³/mol. The molecule has 1 saturated heterocycles. The van der Waals surface area contributed by atoms with Crippen LogP contribution in [0.3, 0.4) is 0 Å². The van der Waals surface area contributed by atoms with Crippen molar-refractivity contribution in [3.8, 4) is 5.75 Å². The van der Waals surface area contributed by atoms with Gasteiger partial charge in [-0.1, -0.05) is 35.3 Å². The Labute approximate surface area is 202 Å². The van der Waals surface area contributed by atoms with E-state index < -0.39 is 10.0 Å². The maximum atomic E-state index is 13.0. The van der Waals surface area contributed by atoms with Crippen LogP contribution in [-0.4, -0.2) is 50.5 Å². The molecule has 4 rings (SSSR count). The molecule has 0 aliphatic carbocycles. The third-order valence-electron chi connectivity index (χ3n) is 5.18. The Balaban J connectivity index is 1.38. The van der Waals surface area contributed by atoms with Crippen LogP contribution in [0, 0.1) is 0 Å². The molecule has 6 nitrogen and oxygen atoms in total. The lowest BCUT2D eigenvalue weighted by atomic mass is 10.1. The molecule has 1 aliphatic heterocycles. The predicted octanol–water partition coefficient (Wildman–Crippen LogP) is 4.95. The number of sulfonamides is 1. The van der Waals surface area contributed by atoms with Gasteiger partial charge in [-0.3, -0.25) is 0 Å². The van der Waals surface area contributed by atoms with E-state index in [1.807, 2.05) is 19.1 Å². The van der Waals surface area contributed by atoms with Crippen LogP contribution >= 0.6 is 34.5 Å². The maximum Gasteiger partial charge on any atom is 0.244 e. The molecule has 10 heteroatoms. The minimum absolute atomic E-state index is 0.0870. The summed E-state index contributed by atoms with van der Waals surface area (Å²) in [6, 6.07) is 12.5. The van der Waals surface area contributed by atoms with Crippen LogP contribution < -0.4 is 9.64 Å². The number of hydrogen-bond donors (Lipinski definition) is 0. The Morgan fingerprint density at radius 3 is 2.44 bits per heavy atom. The van der Waals surface area contributed by atoms with Crippen molar-refractivity contribution in [2.24, 2.45) is 0 Å². The molecular formula is C22H23Cl2N3O3S2. The van der Waals surface area contributed by atoms with Crippen LogP contribution in [0.25, 0.3) is 0 Å². The van der Waals surface area contributed by atoms with Gasteiger partial charge in [-0.15, -0.1) is 11.3 Å². The monoisotopic (exact) mass is 511 g/mol. The van der Waals surface area contributed by atoms with E-state index in [4.69, 9.17) is 32.9 Å². The van der Waals surface area contributed by atoms with E-state index in [0.717, 1.165) is 23.0 Å². The lowest BCUT2D eigenvalue weighted by Crippen LogP contribution is -2.48. The van der Waals surface area contributed by atoms with E-state index in [1.54, 1.807) is 11.3 Å². The fraction of sp³-hybridized carbons (Fsp3) is 0.318. The number of benzene rings is 2. The highest BCUT2D eigenvalue weighted by atomic mass is 35.5. The van der Waals surface area contributed by atoms with Crippen molar-refractivity contribution in [2.45, 2.75) is 18.2 Å². The molecule has 0 N–H and O–H groups in total. The normalized spacial score (nSPS) is 15.2. The maximum absolute atomic E-state index is 13.0. The summed E-state index contributed by atoms with van der Waals surface area (Å²) in [4.78, 5) is 6.98. The second-order valence-corrected chi connectivity index (χ2v) is 10.9. The molecule has 2 aromatic carbocycles. The Morgan fingerprint density at radius 2 is 1.78 bits per heavy atom. The fourth-order valence-corrected chi connectivity index (χ4v) is 6.59. The standard InChI is InChI=1S/C22H23Cl2N3O3S2/c1-2-30-19-6-3-16(4-7-19)13-18-15-31-22(25-18)26-9-11-27(12-10-26)32(28,29)21-8-5-17(23)14-20(21)24/h3-8,14-15H,2,9-13H2,1H3. The number of hydrogen-bond acceptors (Lipinski definition) is 6. The molecule has 0 amide bonds. The highest BCUT2D eigenvalue weighted by Crippen LogP contribution is 2.29. The third-order valence-corrected chi connectivity index (χ3v) is 8.75. The van der Waals surface area contributed by atoms with Crippen LogP contribution in [0.5, 0.6) is 5.75 Å². The van der Waals surface area contributed by atoms with Crippen molar-refractivity contribution >= 4 is 49.7 Å². The molecule has 3 aromatic rings. The molecule has 0 unspecified atom stereocenters. The van der Waals surface area contributed by atoms with Gasteiger partial charge in [0.05, 0.1) is 17.3 Å². The highest BCUT2D eigenvalue weighted by molar-refractivity contribution is 7.89. The Kier molecular flexibility index (Phi) is 7.27. The molecule has 0 spiro atoms. The number of piperazine rings is 1. The minimum Gasteiger partial charge on any atom is -0.494 e. The lowest BCUT2D eigenvalue weighted by molar-refractivity contribution is 0.340. The Morgan fingerprint density at radius 1 is 1.06 bits per heavy atom. The van der Waals surface area contributed by atoms with Crippen molar-refractivity contribution in [3.05, 3.63) is 69.1 Å². The highest BCUT2D eigenvalue weighted by Gasteiger charge is 2.31. The van der Waals surface area contributed by atoms with Gasteiger partial charge in [0.15, 0.2) is 5.13 Å². The molecule has 1 aliphatic rings. The molecule has 0 bridgehead atoms. The summed E-state index contributed by atoms with van der Waals surface area (Å²) in [5, 5.41) is 3.51. The molecule has 0 saturated carbocycles. The summed E-state index contributed by atoms with van der Waals surface area (Å²) in [5.41, 5.74) is 2.17. The second-order valence-electron chi connectivity index (χ2n) is 7.34. The average Bonchev–Trinajstić information content (AvgIpc) is 3.24. The number of thiazole rings is 1. The van der Waals surface area contributed by atoms with Crippen LogP contribution in [-0.2, 0) is 16.4 Å². The quantitative estimate of drug-likeness (QED) is 0.448. The van der Waals surface area contributed by atoms with E-state index in [9.17, 15) is 8.42 Å². The van der Waals surface area contributed by atoms with Crippen molar-refractivity contribution in [3.63, 3.8) is 0 Å². The van der Waals surface area contributed by atoms with E-state index in [2.05, 4.69) is 22.4 Å². The minimum atomic E-state index is -3.67. The number of rotatable bonds is 7. The largest absolute Gasteiger partial charge is 0.494 e. The molecule has 2 heterocycles. The second kappa shape index (κ2) is 9.97. The number of halogens is 2. The Bertz CT molecular complexity index is 1180. The van der Waals surface area contributed by atoms with Gasteiger partial charge < -0.3 is 9.64 Å². The fourth-order valence-electron chi connectivity index (χ4n) is 3.55. The summed E-state index contributed by atoms with van der Waals surface area (Å²) in [6.45, 7) is 4.49. The molecule has 170 valence electrons. The molecule has 0 atom stereocenters. The summed E-state index contributed by atoms with van der Waals surface area (Å²) in [6.07, 6.45) is 0.742. The van der Waals surface area contributed by atoms with Gasteiger partial charge in [0.25, 0.3) is 0 Å². The zero-order valence-corrected chi connectivity index (χ0v) is 20.6. The van der Waals surface area contributed by atoms with Gasteiger partial charge >= 0.3 is 0 Å². The first kappa shape index (κ1) is 23.3. The number of nitrogens with zero attached hydrogens (tertiary/aromatic N) is 3. The van der Waals surface area contributed by atoms with Crippen LogP contribution in [0.1, 0.15) is 18.2 Å². The number of aromatic nitrogens is 1.